The lowest BCUT2D eigenvalue weighted by Gasteiger charge is -2.25. The molecule has 0 radical (unpaired) electrons. The number of carbonyl (C=O) groups excluding carboxylic acids is 1. The van der Waals surface area contributed by atoms with Crippen LogP contribution in [0.1, 0.15) is 51.4 Å². The minimum atomic E-state index is 0.122. The number of nitrogens with zero attached hydrogens (tertiary/aromatic N) is 1. The second-order valence-electron chi connectivity index (χ2n) is 5.70. The van der Waals surface area contributed by atoms with E-state index in [4.69, 9.17) is 0 Å². The second-order valence-corrected chi connectivity index (χ2v) is 5.70. The van der Waals surface area contributed by atoms with Gasteiger partial charge in [-0.2, -0.15) is 0 Å². The summed E-state index contributed by atoms with van der Waals surface area (Å²) in [6.07, 6.45) is 1.09. The molecule has 1 aromatic carbocycles. The Hall–Kier alpha value is -1.51. The van der Waals surface area contributed by atoms with Gasteiger partial charge in [-0.1, -0.05) is 32.4 Å². The van der Waals surface area contributed by atoms with E-state index in [1.165, 1.54) is 0 Å². The highest BCUT2D eigenvalue weighted by Crippen LogP contribution is 2.19. The Bertz CT molecular complexity index is 429. The van der Waals surface area contributed by atoms with Crippen LogP contribution in [-0.2, 0) is 0 Å². The third kappa shape index (κ3) is 4.55. The minimum Gasteiger partial charge on any atom is -0.382 e. The number of amides is 1. The lowest BCUT2D eigenvalue weighted by molar-refractivity contribution is 0.0742. The molecule has 0 heterocycles. The number of nitrogens with one attached hydrogen (secondary N) is 1. The molecule has 3 heteroatoms. The van der Waals surface area contributed by atoms with Crippen LogP contribution in [0, 0.1) is 5.92 Å². The lowest BCUT2D eigenvalue weighted by Crippen LogP contribution is -2.35. The summed E-state index contributed by atoms with van der Waals surface area (Å²) in [5.41, 5.74) is 1.70. The molecule has 0 bridgehead atoms. The highest BCUT2D eigenvalue weighted by molar-refractivity contribution is 5.99. The Labute approximate surface area is 123 Å². The van der Waals surface area contributed by atoms with Gasteiger partial charge in [-0.05, 0) is 38.8 Å². The molecule has 0 saturated heterocycles. The molecule has 1 amide bonds. The third-order valence-electron chi connectivity index (χ3n) is 3.50. The fraction of sp³-hybridized carbons (Fsp3) is 0.588. The van der Waals surface area contributed by atoms with Crippen LogP contribution in [-0.4, -0.2) is 29.9 Å². The van der Waals surface area contributed by atoms with Crippen LogP contribution < -0.4 is 5.32 Å². The van der Waals surface area contributed by atoms with Gasteiger partial charge in [0.2, 0.25) is 0 Å². The summed E-state index contributed by atoms with van der Waals surface area (Å²) in [6, 6.07) is 8.09. The molecule has 0 aliphatic carbocycles. The van der Waals surface area contributed by atoms with Crippen molar-refractivity contribution < 1.29 is 4.79 Å². The van der Waals surface area contributed by atoms with Crippen LogP contribution in [0.25, 0.3) is 0 Å². The van der Waals surface area contributed by atoms with Crippen molar-refractivity contribution in [2.24, 2.45) is 5.92 Å². The number of anilines is 1. The number of hydrogen-bond acceptors (Lipinski definition) is 2. The molecule has 1 rings (SSSR count). The van der Waals surface area contributed by atoms with Crippen molar-refractivity contribution in [1.29, 1.82) is 0 Å². The first-order chi connectivity index (χ1) is 9.49. The summed E-state index contributed by atoms with van der Waals surface area (Å²) in [4.78, 5) is 14.7. The first-order valence-electron chi connectivity index (χ1n) is 7.64. The third-order valence-corrected chi connectivity index (χ3v) is 3.50. The van der Waals surface area contributed by atoms with Crippen molar-refractivity contribution in [3.63, 3.8) is 0 Å². The fourth-order valence-electron chi connectivity index (χ4n) is 2.14. The molecule has 1 N–H and O–H groups in total. The Morgan fingerprint density at radius 1 is 1.20 bits per heavy atom. The van der Waals surface area contributed by atoms with Gasteiger partial charge in [-0.15, -0.1) is 0 Å². The molecule has 112 valence electrons. The Morgan fingerprint density at radius 3 is 2.40 bits per heavy atom. The van der Waals surface area contributed by atoms with Gasteiger partial charge in [0.25, 0.3) is 5.91 Å². The van der Waals surface area contributed by atoms with Gasteiger partial charge in [0, 0.05) is 24.8 Å². The maximum atomic E-state index is 12.7. The molecule has 0 spiro atoms. The monoisotopic (exact) mass is 276 g/mol. The molecule has 1 atom stereocenters. The van der Waals surface area contributed by atoms with Crippen LogP contribution in [0.4, 0.5) is 5.69 Å². The van der Waals surface area contributed by atoms with Crippen molar-refractivity contribution in [2.45, 2.75) is 47.1 Å². The predicted octanol–water partition coefficient (Wildman–Crippen LogP) is 4.02. The van der Waals surface area contributed by atoms with Gasteiger partial charge < -0.3 is 10.2 Å². The summed E-state index contributed by atoms with van der Waals surface area (Å²) in [5.74, 6) is 0.653. The summed E-state index contributed by atoms with van der Waals surface area (Å²) in [5, 5.41) is 3.35. The molecule has 3 nitrogen and oxygen atoms in total. The van der Waals surface area contributed by atoms with Crippen molar-refractivity contribution in [1.82, 2.24) is 4.90 Å². The van der Waals surface area contributed by atoms with E-state index in [2.05, 4.69) is 33.0 Å². The molecular weight excluding hydrogens is 248 g/mol. The van der Waals surface area contributed by atoms with E-state index in [0.717, 1.165) is 30.8 Å². The molecule has 0 aliphatic rings. The predicted molar refractivity (Wildman–Crippen MR) is 86.2 cm³/mol. The van der Waals surface area contributed by atoms with Gasteiger partial charge in [-0.25, -0.2) is 0 Å². The smallest absolute Gasteiger partial charge is 0.255 e. The normalized spacial score (nSPS) is 12.3. The number of hydrogen-bond donors (Lipinski definition) is 1. The van der Waals surface area contributed by atoms with Gasteiger partial charge in [0.1, 0.15) is 0 Å². The van der Waals surface area contributed by atoms with E-state index in [9.17, 15) is 4.79 Å². The van der Waals surface area contributed by atoms with Crippen LogP contribution in [0.2, 0.25) is 0 Å². The lowest BCUT2D eigenvalue weighted by atomic mass is 10.1. The maximum Gasteiger partial charge on any atom is 0.255 e. The highest BCUT2D eigenvalue weighted by atomic mass is 16.2. The van der Waals surface area contributed by atoms with E-state index in [1.807, 2.05) is 36.1 Å². The zero-order valence-corrected chi connectivity index (χ0v) is 13.4. The van der Waals surface area contributed by atoms with Crippen molar-refractivity contribution in [3.8, 4) is 0 Å². The van der Waals surface area contributed by atoms with Crippen LogP contribution >= 0.6 is 0 Å². The molecule has 1 aromatic rings. The molecule has 0 saturated carbocycles. The fourth-order valence-corrected chi connectivity index (χ4v) is 2.14. The van der Waals surface area contributed by atoms with Crippen molar-refractivity contribution in [2.75, 3.05) is 18.4 Å². The van der Waals surface area contributed by atoms with Crippen molar-refractivity contribution in [3.05, 3.63) is 29.8 Å². The molecule has 0 aromatic heterocycles. The molecule has 0 aliphatic heterocycles. The molecule has 0 fully saturated rings. The summed E-state index contributed by atoms with van der Waals surface area (Å²) < 4.78 is 0. The van der Waals surface area contributed by atoms with Gasteiger partial charge >= 0.3 is 0 Å². The summed E-state index contributed by atoms with van der Waals surface area (Å²) >= 11 is 0. The van der Waals surface area contributed by atoms with E-state index in [1.54, 1.807) is 0 Å². The quantitative estimate of drug-likeness (QED) is 0.816. The maximum absolute atomic E-state index is 12.7. The Kier molecular flexibility index (Phi) is 6.56. The molecule has 20 heavy (non-hydrogen) atoms. The standard InChI is InChI=1S/C17H28N2O/c1-6-14(5)12-19(7-2)17(20)15-10-8-9-11-16(15)18-13(3)4/h8-11,13-14,18H,6-7,12H2,1-5H3. The molecule has 1 unspecified atom stereocenters. The van der Waals surface area contributed by atoms with Crippen LogP contribution in [0.15, 0.2) is 24.3 Å². The first kappa shape index (κ1) is 16.5. The number of para-hydroxylation sites is 1. The SMILES string of the molecule is CCC(C)CN(CC)C(=O)c1ccccc1NC(C)C. The van der Waals surface area contributed by atoms with E-state index < -0.39 is 0 Å². The molecular formula is C17H28N2O. The first-order valence-corrected chi connectivity index (χ1v) is 7.64. The highest BCUT2D eigenvalue weighted by Gasteiger charge is 2.19. The van der Waals surface area contributed by atoms with Gasteiger partial charge in [0.15, 0.2) is 0 Å². The average molecular weight is 276 g/mol. The van der Waals surface area contributed by atoms with E-state index in [0.29, 0.717) is 12.0 Å². The largest absolute Gasteiger partial charge is 0.382 e. The number of benzene rings is 1. The number of carbonyl (C=O) groups is 1. The van der Waals surface area contributed by atoms with Gasteiger partial charge in [0.05, 0.1) is 5.56 Å². The van der Waals surface area contributed by atoms with E-state index >= 15 is 0 Å². The summed E-state index contributed by atoms with van der Waals surface area (Å²) in [7, 11) is 0. The van der Waals surface area contributed by atoms with E-state index in [-0.39, 0.29) is 5.91 Å². The van der Waals surface area contributed by atoms with Crippen LogP contribution in [0.5, 0.6) is 0 Å². The second kappa shape index (κ2) is 7.93. The Balaban J connectivity index is 2.94. The zero-order valence-electron chi connectivity index (χ0n) is 13.4. The average Bonchev–Trinajstić information content (AvgIpc) is 2.43. The Morgan fingerprint density at radius 2 is 1.85 bits per heavy atom. The number of rotatable bonds is 7. The van der Waals surface area contributed by atoms with Crippen LogP contribution in [0.3, 0.4) is 0 Å². The summed E-state index contributed by atoms with van der Waals surface area (Å²) in [6.45, 7) is 12.1. The topological polar surface area (TPSA) is 32.3 Å². The zero-order chi connectivity index (χ0) is 15.1. The minimum absolute atomic E-state index is 0.122. The van der Waals surface area contributed by atoms with Crippen molar-refractivity contribution >= 4 is 11.6 Å². The van der Waals surface area contributed by atoms with Gasteiger partial charge in [-0.3, -0.25) is 4.79 Å².